The summed E-state index contributed by atoms with van der Waals surface area (Å²) in [6.07, 6.45) is 5.03. The van der Waals surface area contributed by atoms with Crippen molar-refractivity contribution in [1.82, 2.24) is 14.9 Å². The fourth-order valence-corrected chi connectivity index (χ4v) is 5.05. The predicted octanol–water partition coefficient (Wildman–Crippen LogP) is 6.53. The molecule has 0 radical (unpaired) electrons. The molecule has 7 nitrogen and oxygen atoms in total. The van der Waals surface area contributed by atoms with E-state index < -0.39 is 0 Å². The monoisotopic (exact) mass is 509 g/mol. The van der Waals surface area contributed by atoms with Gasteiger partial charge in [-0.2, -0.15) is 0 Å². The number of anilines is 2. The average molecular weight is 510 g/mol. The molecule has 198 valence electrons. The predicted molar refractivity (Wildman–Crippen MR) is 160 cm³/mol. The van der Waals surface area contributed by atoms with Gasteiger partial charge < -0.3 is 16.0 Å². The van der Waals surface area contributed by atoms with Crippen molar-refractivity contribution in [3.05, 3.63) is 82.7 Å². The van der Waals surface area contributed by atoms with E-state index in [2.05, 4.69) is 91.7 Å². The number of aliphatic imine (C=N–C) groups is 1. The van der Waals surface area contributed by atoms with E-state index in [1.165, 1.54) is 23.0 Å². The van der Waals surface area contributed by atoms with E-state index in [0.717, 1.165) is 60.6 Å². The minimum atomic E-state index is -0.165. The molecule has 0 fully saturated rings. The number of benzene rings is 2. The third-order valence-electron chi connectivity index (χ3n) is 7.16. The van der Waals surface area contributed by atoms with Crippen LogP contribution in [0.1, 0.15) is 73.9 Å². The summed E-state index contributed by atoms with van der Waals surface area (Å²) in [4.78, 5) is 16.1. The number of rotatable bonds is 10. The van der Waals surface area contributed by atoms with Crippen molar-refractivity contribution in [3.8, 4) is 0 Å². The maximum Gasteiger partial charge on any atom is 0.141 e. The Morgan fingerprint density at radius 2 is 1.82 bits per heavy atom. The van der Waals surface area contributed by atoms with E-state index >= 15 is 0 Å². The smallest absolute Gasteiger partial charge is 0.141 e. The minimum absolute atomic E-state index is 0.165. The maximum absolute atomic E-state index is 9.10. The molecule has 1 aliphatic heterocycles. The van der Waals surface area contributed by atoms with E-state index in [-0.39, 0.29) is 11.9 Å². The fourth-order valence-electron chi connectivity index (χ4n) is 5.05. The van der Waals surface area contributed by atoms with Gasteiger partial charge in [-0.05, 0) is 61.9 Å². The Bertz CT molecular complexity index is 1390. The Morgan fingerprint density at radius 3 is 2.50 bits per heavy atom. The number of nitrogens with two attached hydrogens (primary N) is 1. The Kier molecular flexibility index (Phi) is 8.25. The van der Waals surface area contributed by atoms with Crippen LogP contribution in [0.15, 0.2) is 54.3 Å². The zero-order valence-electron chi connectivity index (χ0n) is 23.2. The molecule has 2 heterocycles. The molecule has 4 rings (SSSR count). The van der Waals surface area contributed by atoms with Crippen molar-refractivity contribution >= 4 is 34.6 Å². The van der Waals surface area contributed by atoms with E-state index in [0.29, 0.717) is 17.1 Å². The van der Waals surface area contributed by atoms with Gasteiger partial charge in [-0.3, -0.25) is 5.41 Å². The Labute approximate surface area is 226 Å². The summed E-state index contributed by atoms with van der Waals surface area (Å²) < 4.78 is 0. The zero-order valence-corrected chi connectivity index (χ0v) is 23.2. The van der Waals surface area contributed by atoms with Crippen molar-refractivity contribution in [3.63, 3.8) is 0 Å². The molecule has 0 bridgehead atoms. The summed E-state index contributed by atoms with van der Waals surface area (Å²) in [6, 6.07) is 12.3. The number of aryl methyl sites for hydroxylation is 3. The average Bonchev–Trinajstić information content (AvgIpc) is 2.93. The third-order valence-corrected chi connectivity index (χ3v) is 7.16. The molecule has 1 aromatic heterocycles. The van der Waals surface area contributed by atoms with Crippen LogP contribution < -0.4 is 11.1 Å². The number of nitrogen functional groups attached to an aromatic ring is 1. The van der Waals surface area contributed by atoms with Crippen LogP contribution in [0.3, 0.4) is 0 Å². The first-order chi connectivity index (χ1) is 18.3. The summed E-state index contributed by atoms with van der Waals surface area (Å²) in [7, 11) is 0. The second-order valence-electron chi connectivity index (χ2n) is 9.74. The molecular formula is C31H39N7. The molecular weight excluding hydrogens is 470 g/mol. The Balaban J connectivity index is 1.74. The highest BCUT2D eigenvalue weighted by Crippen LogP contribution is 2.36. The van der Waals surface area contributed by atoms with Crippen LogP contribution >= 0.6 is 0 Å². The zero-order chi connectivity index (χ0) is 27.4. The van der Waals surface area contributed by atoms with Crippen molar-refractivity contribution in [1.29, 1.82) is 5.41 Å². The molecule has 1 atom stereocenters. The first kappa shape index (κ1) is 27.0. The van der Waals surface area contributed by atoms with E-state index in [4.69, 9.17) is 16.1 Å². The van der Waals surface area contributed by atoms with Gasteiger partial charge in [0.05, 0.1) is 23.0 Å². The van der Waals surface area contributed by atoms with Gasteiger partial charge in [0.1, 0.15) is 23.8 Å². The van der Waals surface area contributed by atoms with Gasteiger partial charge in [0.15, 0.2) is 0 Å². The molecule has 0 aliphatic carbocycles. The highest BCUT2D eigenvalue weighted by molar-refractivity contribution is 6.16. The molecule has 0 spiro atoms. The topological polar surface area (TPSA) is 103 Å². The molecule has 38 heavy (non-hydrogen) atoms. The van der Waals surface area contributed by atoms with E-state index in [1.807, 2.05) is 6.07 Å². The number of fused-ring (bicyclic) bond motifs is 1. The summed E-state index contributed by atoms with van der Waals surface area (Å²) in [5.41, 5.74) is 14.6. The number of nitrogens with one attached hydrogen (secondary N) is 2. The number of hydrogen-bond donors (Lipinski definition) is 3. The number of aromatic nitrogens is 2. The van der Waals surface area contributed by atoms with Crippen molar-refractivity contribution < 1.29 is 0 Å². The molecule has 0 saturated carbocycles. The molecule has 3 aromatic rings. The summed E-state index contributed by atoms with van der Waals surface area (Å²) >= 11 is 0. The van der Waals surface area contributed by atoms with Crippen LogP contribution in [0, 0.1) is 12.3 Å². The molecule has 1 unspecified atom stereocenters. The first-order valence-electron chi connectivity index (χ1n) is 13.6. The van der Waals surface area contributed by atoms with Crippen LogP contribution in [-0.4, -0.2) is 39.0 Å². The van der Waals surface area contributed by atoms with Gasteiger partial charge in [0.2, 0.25) is 0 Å². The lowest BCUT2D eigenvalue weighted by atomic mass is 9.95. The van der Waals surface area contributed by atoms with Crippen molar-refractivity contribution in [2.45, 2.75) is 66.3 Å². The van der Waals surface area contributed by atoms with Crippen LogP contribution in [0.5, 0.6) is 0 Å². The Morgan fingerprint density at radius 1 is 1.05 bits per heavy atom. The van der Waals surface area contributed by atoms with Gasteiger partial charge >= 0.3 is 0 Å². The molecule has 2 aromatic carbocycles. The van der Waals surface area contributed by atoms with Crippen LogP contribution in [0.2, 0.25) is 0 Å². The van der Waals surface area contributed by atoms with Crippen LogP contribution in [-0.2, 0) is 12.8 Å². The molecule has 0 saturated heterocycles. The number of hydrogen-bond acceptors (Lipinski definition) is 7. The lowest BCUT2D eigenvalue weighted by Gasteiger charge is -2.36. The molecule has 0 amide bonds. The maximum atomic E-state index is 9.10. The largest absolute Gasteiger partial charge is 0.383 e. The van der Waals surface area contributed by atoms with Gasteiger partial charge in [-0.1, -0.05) is 58.0 Å². The third kappa shape index (κ3) is 5.19. The number of amidine groups is 1. The molecule has 4 N–H and O–H groups in total. The highest BCUT2D eigenvalue weighted by Gasteiger charge is 2.29. The van der Waals surface area contributed by atoms with Crippen molar-refractivity contribution in [2.75, 3.05) is 17.6 Å². The van der Waals surface area contributed by atoms with Gasteiger partial charge in [-0.25, -0.2) is 15.0 Å². The van der Waals surface area contributed by atoms with Crippen LogP contribution in [0.4, 0.5) is 17.3 Å². The first-order valence-corrected chi connectivity index (χ1v) is 13.6. The highest BCUT2D eigenvalue weighted by atomic mass is 15.3. The second kappa shape index (κ2) is 11.6. The van der Waals surface area contributed by atoms with Gasteiger partial charge in [0.25, 0.3) is 0 Å². The Hall–Kier alpha value is -4.00. The standard InChI is InChI=1S/C31H39N7/c1-7-15-38-20(6)24-16-19(5)11-14-26(24)37-31(38)25(10-4)36-30-27(29(33)34-18-35-30)28(32)23-13-12-21(8-2)22(9-3)17-23/h11-14,16-18,25,32H,6-10,15H2,1-5H3,(H3,33,34,35,36). The van der Waals surface area contributed by atoms with Gasteiger partial charge in [0, 0.05) is 23.4 Å². The lowest BCUT2D eigenvalue weighted by Crippen LogP contribution is -2.43. The second-order valence-corrected chi connectivity index (χ2v) is 9.74. The molecule has 1 aliphatic rings. The quantitative estimate of drug-likeness (QED) is 0.270. The summed E-state index contributed by atoms with van der Waals surface area (Å²) in [5, 5.41) is 12.7. The van der Waals surface area contributed by atoms with Gasteiger partial charge in [-0.15, -0.1) is 0 Å². The molecule has 7 heteroatoms. The SMILES string of the molecule is C=C1c2cc(C)ccc2N=C(C(CC)Nc2ncnc(N)c2C(=N)c2ccc(CC)c(CC)c2)N1CCC. The van der Waals surface area contributed by atoms with Crippen LogP contribution in [0.25, 0.3) is 5.70 Å². The van der Waals surface area contributed by atoms with Crippen molar-refractivity contribution in [2.24, 2.45) is 4.99 Å². The normalized spacial score (nSPS) is 13.7. The summed E-state index contributed by atoms with van der Waals surface area (Å²) in [6.45, 7) is 15.9. The minimum Gasteiger partial charge on any atom is -0.383 e. The number of nitrogens with zero attached hydrogens (tertiary/aromatic N) is 4. The summed E-state index contributed by atoms with van der Waals surface area (Å²) in [5.74, 6) is 1.71. The van der Waals surface area contributed by atoms with E-state index in [9.17, 15) is 0 Å². The lowest BCUT2D eigenvalue weighted by molar-refractivity contribution is 0.543. The fraction of sp³-hybridized carbons (Fsp3) is 0.355. The van der Waals surface area contributed by atoms with E-state index in [1.54, 1.807) is 0 Å².